The van der Waals surface area contributed by atoms with Crippen LogP contribution in [0.4, 0.5) is 0 Å². The lowest BCUT2D eigenvalue weighted by Crippen LogP contribution is -2.38. The van der Waals surface area contributed by atoms with E-state index >= 15 is 0 Å². The van der Waals surface area contributed by atoms with E-state index in [9.17, 15) is 0 Å². The zero-order chi connectivity index (χ0) is 9.68. The largest absolute Gasteiger partial charge is 0.377 e. The molecule has 0 aromatic heterocycles. The molecule has 1 aliphatic heterocycles. The summed E-state index contributed by atoms with van der Waals surface area (Å²) in [6.45, 7) is 8.79. The Balaban J connectivity index is 2.15. The van der Waals surface area contributed by atoms with E-state index in [0.717, 1.165) is 19.1 Å². The highest BCUT2D eigenvalue weighted by Crippen LogP contribution is 2.12. The molecule has 1 N–H and O–H groups in total. The van der Waals surface area contributed by atoms with Crippen molar-refractivity contribution >= 4 is 0 Å². The van der Waals surface area contributed by atoms with Crippen molar-refractivity contribution in [2.24, 2.45) is 5.92 Å². The molecule has 0 aromatic rings. The van der Waals surface area contributed by atoms with Gasteiger partial charge in [0, 0.05) is 19.2 Å². The van der Waals surface area contributed by atoms with Gasteiger partial charge >= 0.3 is 0 Å². The summed E-state index contributed by atoms with van der Waals surface area (Å²) in [5, 5.41) is 3.59. The molecular weight excluding hydrogens is 162 g/mol. The van der Waals surface area contributed by atoms with E-state index < -0.39 is 0 Å². The van der Waals surface area contributed by atoms with Crippen LogP contribution in [0, 0.1) is 5.92 Å². The van der Waals surface area contributed by atoms with Gasteiger partial charge in [0.2, 0.25) is 0 Å². The molecule has 1 heterocycles. The molecule has 0 bridgehead atoms. The van der Waals surface area contributed by atoms with Crippen molar-refractivity contribution in [2.75, 3.05) is 13.2 Å². The first-order valence-electron chi connectivity index (χ1n) is 5.59. The fourth-order valence-electron chi connectivity index (χ4n) is 1.94. The van der Waals surface area contributed by atoms with Crippen molar-refractivity contribution in [3.8, 4) is 0 Å². The van der Waals surface area contributed by atoms with E-state index in [-0.39, 0.29) is 0 Å². The third-order valence-electron chi connectivity index (χ3n) is 2.88. The van der Waals surface area contributed by atoms with Gasteiger partial charge in [0.1, 0.15) is 0 Å². The fourth-order valence-corrected chi connectivity index (χ4v) is 1.94. The molecule has 1 aliphatic rings. The third kappa shape index (κ3) is 3.65. The van der Waals surface area contributed by atoms with Crippen LogP contribution in [0.2, 0.25) is 0 Å². The summed E-state index contributed by atoms with van der Waals surface area (Å²) >= 11 is 0. The summed E-state index contributed by atoms with van der Waals surface area (Å²) in [5.41, 5.74) is 0. The van der Waals surface area contributed by atoms with Crippen molar-refractivity contribution in [1.82, 2.24) is 5.32 Å². The van der Waals surface area contributed by atoms with Gasteiger partial charge in [-0.3, -0.25) is 0 Å². The number of ether oxygens (including phenoxy) is 1. The Bertz CT molecular complexity index is 130. The molecule has 13 heavy (non-hydrogen) atoms. The number of nitrogens with one attached hydrogen (secondary N) is 1. The van der Waals surface area contributed by atoms with E-state index in [1.807, 2.05) is 0 Å². The minimum atomic E-state index is 0.479. The maximum Gasteiger partial charge on any atom is 0.0700 e. The molecule has 78 valence electrons. The van der Waals surface area contributed by atoms with Gasteiger partial charge in [0.25, 0.3) is 0 Å². The first kappa shape index (κ1) is 11.0. The molecule has 0 saturated carbocycles. The Morgan fingerprint density at radius 3 is 2.69 bits per heavy atom. The van der Waals surface area contributed by atoms with Crippen LogP contribution in [0.15, 0.2) is 0 Å². The van der Waals surface area contributed by atoms with Gasteiger partial charge in [-0.1, -0.05) is 20.8 Å². The minimum absolute atomic E-state index is 0.479. The first-order valence-corrected chi connectivity index (χ1v) is 5.59. The first-order chi connectivity index (χ1) is 6.24. The van der Waals surface area contributed by atoms with Gasteiger partial charge in [-0.25, -0.2) is 0 Å². The van der Waals surface area contributed by atoms with Crippen molar-refractivity contribution in [3.05, 3.63) is 0 Å². The molecule has 0 spiro atoms. The normalized spacial score (nSPS) is 25.4. The van der Waals surface area contributed by atoms with Gasteiger partial charge in [0.15, 0.2) is 0 Å². The van der Waals surface area contributed by atoms with Crippen molar-refractivity contribution in [2.45, 2.75) is 52.2 Å². The molecule has 0 aliphatic carbocycles. The molecule has 0 radical (unpaired) electrons. The van der Waals surface area contributed by atoms with E-state index in [0.29, 0.717) is 12.1 Å². The minimum Gasteiger partial charge on any atom is -0.377 e. The zero-order valence-electron chi connectivity index (χ0n) is 9.18. The molecule has 0 aromatic carbocycles. The predicted octanol–water partition coefficient (Wildman–Crippen LogP) is 2.19. The smallest absolute Gasteiger partial charge is 0.0700 e. The zero-order valence-corrected chi connectivity index (χ0v) is 9.18. The molecular formula is C11H23NO. The van der Waals surface area contributed by atoms with Crippen LogP contribution >= 0.6 is 0 Å². The molecule has 2 heteroatoms. The second-order valence-electron chi connectivity index (χ2n) is 4.30. The number of rotatable bonds is 5. The quantitative estimate of drug-likeness (QED) is 0.709. The van der Waals surface area contributed by atoms with Crippen LogP contribution < -0.4 is 5.32 Å². The Labute approximate surface area is 82.0 Å². The van der Waals surface area contributed by atoms with Crippen molar-refractivity contribution in [1.29, 1.82) is 0 Å². The SMILES string of the molecule is CCC(NCC1CCCO1)C(C)C. The average molecular weight is 185 g/mol. The van der Waals surface area contributed by atoms with Gasteiger partial charge < -0.3 is 10.1 Å². The highest BCUT2D eigenvalue weighted by Gasteiger charge is 2.17. The molecule has 0 amide bonds. The predicted molar refractivity (Wildman–Crippen MR) is 55.9 cm³/mol. The maximum atomic E-state index is 5.57. The van der Waals surface area contributed by atoms with E-state index in [2.05, 4.69) is 26.1 Å². The summed E-state index contributed by atoms with van der Waals surface area (Å²) < 4.78 is 5.57. The Hall–Kier alpha value is -0.0800. The topological polar surface area (TPSA) is 21.3 Å². The van der Waals surface area contributed by atoms with E-state index in [1.165, 1.54) is 19.3 Å². The lowest BCUT2D eigenvalue weighted by Gasteiger charge is -2.22. The molecule has 1 rings (SSSR count). The van der Waals surface area contributed by atoms with Crippen molar-refractivity contribution in [3.63, 3.8) is 0 Å². The van der Waals surface area contributed by atoms with Gasteiger partial charge in [-0.05, 0) is 25.2 Å². The van der Waals surface area contributed by atoms with Crippen LogP contribution in [0.3, 0.4) is 0 Å². The summed E-state index contributed by atoms with van der Waals surface area (Å²) in [4.78, 5) is 0. The van der Waals surface area contributed by atoms with E-state index in [1.54, 1.807) is 0 Å². The van der Waals surface area contributed by atoms with Crippen LogP contribution in [0.1, 0.15) is 40.0 Å². The molecule has 2 nitrogen and oxygen atoms in total. The molecule has 2 unspecified atom stereocenters. The molecule has 1 fully saturated rings. The second kappa shape index (κ2) is 5.61. The van der Waals surface area contributed by atoms with Crippen molar-refractivity contribution < 1.29 is 4.74 Å². The van der Waals surface area contributed by atoms with Gasteiger partial charge in [0.05, 0.1) is 6.10 Å². The van der Waals surface area contributed by atoms with Crippen LogP contribution in [-0.4, -0.2) is 25.3 Å². The van der Waals surface area contributed by atoms with Gasteiger partial charge in [-0.15, -0.1) is 0 Å². The highest BCUT2D eigenvalue weighted by atomic mass is 16.5. The summed E-state index contributed by atoms with van der Waals surface area (Å²) in [5.74, 6) is 0.728. The molecule has 2 atom stereocenters. The monoisotopic (exact) mass is 185 g/mol. The lowest BCUT2D eigenvalue weighted by molar-refractivity contribution is 0.105. The summed E-state index contributed by atoms with van der Waals surface area (Å²) in [6.07, 6.45) is 4.17. The van der Waals surface area contributed by atoms with Gasteiger partial charge in [-0.2, -0.15) is 0 Å². The third-order valence-corrected chi connectivity index (χ3v) is 2.88. The Morgan fingerprint density at radius 1 is 1.46 bits per heavy atom. The maximum absolute atomic E-state index is 5.57. The molecule has 1 saturated heterocycles. The number of hydrogen-bond donors (Lipinski definition) is 1. The summed E-state index contributed by atoms with van der Waals surface area (Å²) in [6, 6.07) is 0.657. The fraction of sp³-hybridized carbons (Fsp3) is 1.00. The Kier molecular flexibility index (Phi) is 4.74. The van der Waals surface area contributed by atoms with Crippen LogP contribution in [0.25, 0.3) is 0 Å². The highest BCUT2D eigenvalue weighted by molar-refractivity contribution is 4.73. The Morgan fingerprint density at radius 2 is 2.23 bits per heavy atom. The van der Waals surface area contributed by atoms with Crippen LogP contribution in [0.5, 0.6) is 0 Å². The lowest BCUT2D eigenvalue weighted by atomic mass is 10.0. The summed E-state index contributed by atoms with van der Waals surface area (Å²) in [7, 11) is 0. The van der Waals surface area contributed by atoms with E-state index in [4.69, 9.17) is 4.74 Å². The standard InChI is InChI=1S/C11H23NO/c1-4-11(9(2)3)12-8-10-6-5-7-13-10/h9-12H,4-8H2,1-3H3. The van der Waals surface area contributed by atoms with Crippen LogP contribution in [-0.2, 0) is 4.74 Å². The second-order valence-corrected chi connectivity index (χ2v) is 4.30. The number of hydrogen-bond acceptors (Lipinski definition) is 2. The average Bonchev–Trinajstić information content (AvgIpc) is 2.57.